The number of hydrogen-bond donors (Lipinski definition) is 1. The number of carboxylic acid groups (broad SMARTS) is 1. The van der Waals surface area contributed by atoms with E-state index in [1.54, 1.807) is 79.7 Å². The first-order valence-electron chi connectivity index (χ1n) is 14.0. The quantitative estimate of drug-likeness (QED) is 0.148. The van der Waals surface area contributed by atoms with Crippen molar-refractivity contribution in [3.63, 3.8) is 0 Å². The number of ether oxygens (including phenoxy) is 1. The minimum absolute atomic E-state index is 0.00856. The number of benzene rings is 4. The maximum Gasteiger partial charge on any atom is 0.416 e. The summed E-state index contributed by atoms with van der Waals surface area (Å²) in [6.45, 7) is 1.58. The first-order valence-corrected chi connectivity index (χ1v) is 14.0. The van der Waals surface area contributed by atoms with Crippen molar-refractivity contribution in [1.29, 1.82) is 0 Å². The summed E-state index contributed by atoms with van der Waals surface area (Å²) in [5.41, 5.74) is 1.47. The molecule has 4 aromatic carbocycles. The first kappa shape index (κ1) is 32.7. The average Bonchev–Trinajstić information content (AvgIpc) is 3.01. The number of halogens is 3. The number of anilines is 1. The van der Waals surface area contributed by atoms with E-state index in [9.17, 15) is 37.5 Å². The van der Waals surface area contributed by atoms with Crippen molar-refractivity contribution in [2.24, 2.45) is 0 Å². The molecule has 0 bridgehead atoms. The highest BCUT2D eigenvalue weighted by molar-refractivity contribution is 6.10. The van der Waals surface area contributed by atoms with Gasteiger partial charge in [0, 0.05) is 31.1 Å². The second-order valence-corrected chi connectivity index (χ2v) is 10.3. The van der Waals surface area contributed by atoms with Crippen molar-refractivity contribution in [2.75, 3.05) is 18.6 Å². The molecule has 1 amide bonds. The third-order valence-corrected chi connectivity index (χ3v) is 7.21. The number of carbonyl (C=O) groups is 4. The molecular formula is C35H30F3NO6. The Morgan fingerprint density at radius 1 is 0.844 bits per heavy atom. The van der Waals surface area contributed by atoms with Crippen molar-refractivity contribution < 1.29 is 42.2 Å². The average molecular weight is 618 g/mol. The highest BCUT2D eigenvalue weighted by Gasteiger charge is 2.33. The molecule has 1 unspecified atom stereocenters. The van der Waals surface area contributed by atoms with E-state index in [4.69, 9.17) is 4.74 Å². The molecule has 1 atom stereocenters. The highest BCUT2D eigenvalue weighted by atomic mass is 19.4. The van der Waals surface area contributed by atoms with E-state index >= 15 is 0 Å². The minimum Gasteiger partial charge on any atom is -0.480 e. The van der Waals surface area contributed by atoms with E-state index in [1.807, 2.05) is 0 Å². The Labute approximate surface area is 257 Å². The molecule has 45 heavy (non-hydrogen) atoms. The third kappa shape index (κ3) is 7.83. The molecule has 0 aliphatic rings. The van der Waals surface area contributed by atoms with Gasteiger partial charge in [-0.05, 0) is 59.0 Å². The van der Waals surface area contributed by atoms with E-state index in [2.05, 4.69) is 0 Å². The number of Topliss-reactive ketones (excluding diaryl/α,β-unsaturated/α-hetero) is 1. The number of ketones is 1. The minimum atomic E-state index is -4.63. The summed E-state index contributed by atoms with van der Waals surface area (Å²) >= 11 is 0. The van der Waals surface area contributed by atoms with Gasteiger partial charge in [-0.25, -0.2) is 0 Å². The SMILES string of the molecule is CCOC(=O)C(C(=O)O)c1ccccc1CC(=O)Cc1ccc(N(C)C(=O)c2cc(C(F)(F)F)ccc2-c2ccccc2)cc1. The van der Waals surface area contributed by atoms with Gasteiger partial charge in [-0.3, -0.25) is 19.2 Å². The van der Waals surface area contributed by atoms with Gasteiger partial charge in [-0.2, -0.15) is 13.2 Å². The third-order valence-electron chi connectivity index (χ3n) is 7.21. The monoisotopic (exact) mass is 617 g/mol. The molecule has 4 aromatic rings. The smallest absolute Gasteiger partial charge is 0.416 e. The normalized spacial score (nSPS) is 11.8. The molecule has 0 aromatic heterocycles. The molecule has 1 N–H and O–H groups in total. The summed E-state index contributed by atoms with van der Waals surface area (Å²) in [5, 5.41) is 9.66. The molecule has 0 fully saturated rings. The van der Waals surface area contributed by atoms with E-state index in [0.717, 1.165) is 12.1 Å². The van der Waals surface area contributed by atoms with Crippen LogP contribution >= 0.6 is 0 Å². The maximum absolute atomic E-state index is 13.5. The Bertz CT molecular complexity index is 1700. The molecule has 4 rings (SSSR count). The second kappa shape index (κ2) is 14.0. The fraction of sp³-hybridized carbons (Fsp3) is 0.200. The molecular weight excluding hydrogens is 587 g/mol. The van der Waals surface area contributed by atoms with Gasteiger partial charge in [-0.15, -0.1) is 0 Å². The number of nitrogens with zero attached hydrogens (tertiary/aromatic N) is 1. The van der Waals surface area contributed by atoms with Crippen LogP contribution < -0.4 is 4.90 Å². The lowest BCUT2D eigenvalue weighted by atomic mass is 9.90. The van der Waals surface area contributed by atoms with Crippen molar-refractivity contribution in [1.82, 2.24) is 0 Å². The number of aliphatic carboxylic acids is 1. The van der Waals surface area contributed by atoms with Crippen LogP contribution in [0.4, 0.5) is 18.9 Å². The van der Waals surface area contributed by atoms with Crippen LogP contribution in [0.2, 0.25) is 0 Å². The van der Waals surface area contributed by atoms with Gasteiger partial charge >= 0.3 is 18.1 Å². The zero-order chi connectivity index (χ0) is 32.7. The molecule has 7 nitrogen and oxygen atoms in total. The predicted octanol–water partition coefficient (Wildman–Crippen LogP) is 6.73. The Balaban J connectivity index is 1.52. The molecule has 0 spiro atoms. The zero-order valence-electron chi connectivity index (χ0n) is 24.5. The largest absolute Gasteiger partial charge is 0.480 e. The van der Waals surface area contributed by atoms with Crippen LogP contribution in [-0.2, 0) is 38.1 Å². The topological polar surface area (TPSA) is 101 Å². The van der Waals surface area contributed by atoms with E-state index in [-0.39, 0.29) is 36.4 Å². The van der Waals surface area contributed by atoms with Gasteiger partial charge in [0.1, 0.15) is 5.78 Å². The van der Waals surface area contributed by atoms with Crippen molar-refractivity contribution in [3.05, 3.63) is 125 Å². The van der Waals surface area contributed by atoms with Crippen LogP contribution in [0, 0.1) is 0 Å². The zero-order valence-corrected chi connectivity index (χ0v) is 24.5. The van der Waals surface area contributed by atoms with Crippen LogP contribution in [0.5, 0.6) is 0 Å². The summed E-state index contributed by atoms with van der Waals surface area (Å²) in [6.07, 6.45) is -4.78. The first-order chi connectivity index (χ1) is 21.4. The Morgan fingerprint density at radius 2 is 1.49 bits per heavy atom. The lowest BCUT2D eigenvalue weighted by Gasteiger charge is -2.21. The fourth-order valence-corrected chi connectivity index (χ4v) is 4.97. The predicted molar refractivity (Wildman–Crippen MR) is 162 cm³/mol. The summed E-state index contributed by atoms with van der Waals surface area (Å²) in [5.74, 6) is -4.76. The number of esters is 1. The number of carboxylic acids is 1. The Hall–Kier alpha value is -5.25. The standard InChI is InChI=1S/C35H30F3NO6/c1-3-45-34(44)31(33(42)43)29-12-8-7-11-24(29)20-27(40)19-22-13-16-26(17-14-22)39(2)32(41)30-21-25(35(36,37)38)15-18-28(30)23-9-5-4-6-10-23/h4-18,21,31H,3,19-20H2,1-2H3,(H,42,43). The van der Waals surface area contributed by atoms with Crippen molar-refractivity contribution >= 4 is 29.3 Å². The van der Waals surface area contributed by atoms with Crippen LogP contribution in [0.1, 0.15) is 45.5 Å². The van der Waals surface area contributed by atoms with Crippen molar-refractivity contribution in [2.45, 2.75) is 31.9 Å². The Kier molecular flexibility index (Phi) is 10.2. The highest BCUT2D eigenvalue weighted by Crippen LogP contribution is 2.34. The second-order valence-electron chi connectivity index (χ2n) is 10.3. The number of carbonyl (C=O) groups excluding carboxylic acids is 3. The van der Waals surface area contributed by atoms with E-state index < -0.39 is 35.5 Å². The van der Waals surface area contributed by atoms with Gasteiger partial charge in [-0.1, -0.05) is 72.8 Å². The molecule has 0 heterocycles. The maximum atomic E-state index is 13.5. The number of hydrogen-bond acceptors (Lipinski definition) is 5. The summed E-state index contributed by atoms with van der Waals surface area (Å²) < 4.78 is 45.5. The van der Waals surface area contributed by atoms with Crippen molar-refractivity contribution in [3.8, 4) is 11.1 Å². The molecule has 0 saturated carbocycles. The van der Waals surface area contributed by atoms with Gasteiger partial charge in [0.2, 0.25) is 0 Å². The fourth-order valence-electron chi connectivity index (χ4n) is 4.97. The van der Waals surface area contributed by atoms with Gasteiger partial charge < -0.3 is 14.7 Å². The molecule has 10 heteroatoms. The van der Waals surface area contributed by atoms with Crippen LogP contribution in [-0.4, -0.2) is 42.4 Å². The molecule has 0 radical (unpaired) electrons. The molecule has 0 aliphatic carbocycles. The number of amides is 1. The molecule has 0 aliphatic heterocycles. The number of alkyl halides is 3. The van der Waals surface area contributed by atoms with Gasteiger partial charge in [0.25, 0.3) is 5.91 Å². The molecule has 0 saturated heterocycles. The van der Waals surface area contributed by atoms with Gasteiger partial charge in [0.15, 0.2) is 5.92 Å². The Morgan fingerprint density at radius 3 is 2.11 bits per heavy atom. The summed E-state index contributed by atoms with van der Waals surface area (Å²) in [4.78, 5) is 52.0. The summed E-state index contributed by atoms with van der Waals surface area (Å²) in [6, 6.07) is 24.5. The van der Waals surface area contributed by atoms with E-state index in [1.165, 1.54) is 24.1 Å². The van der Waals surface area contributed by atoms with Gasteiger partial charge in [0.05, 0.1) is 12.2 Å². The number of rotatable bonds is 11. The van der Waals surface area contributed by atoms with E-state index in [0.29, 0.717) is 27.9 Å². The summed E-state index contributed by atoms with van der Waals surface area (Å²) in [7, 11) is 1.46. The molecule has 232 valence electrons. The lowest BCUT2D eigenvalue weighted by molar-refractivity contribution is -0.154. The van der Waals surface area contributed by atoms with Crippen LogP contribution in [0.3, 0.4) is 0 Å². The van der Waals surface area contributed by atoms with Crippen LogP contribution in [0.25, 0.3) is 11.1 Å². The van der Waals surface area contributed by atoms with Crippen LogP contribution in [0.15, 0.2) is 97.1 Å². The lowest BCUT2D eigenvalue weighted by Crippen LogP contribution is -2.27.